The molecule has 0 amide bonds. The molecule has 1 aliphatic heterocycles. The summed E-state index contributed by atoms with van der Waals surface area (Å²) >= 11 is 1.66. The average molecular weight is 271 g/mol. The van der Waals surface area contributed by atoms with Gasteiger partial charge in [-0.25, -0.2) is 9.97 Å². The lowest BCUT2D eigenvalue weighted by Crippen LogP contribution is -2.07. The normalized spacial score (nSPS) is 18.1. The molecule has 1 aromatic heterocycles. The molecular weight excluding hydrogens is 254 g/mol. The summed E-state index contributed by atoms with van der Waals surface area (Å²) in [5.41, 5.74) is 4.56. The zero-order valence-electron chi connectivity index (χ0n) is 11.2. The molecule has 98 valence electrons. The van der Waals surface area contributed by atoms with Crippen LogP contribution in [-0.4, -0.2) is 9.97 Å². The highest BCUT2D eigenvalue weighted by Crippen LogP contribution is 2.41. The third-order valence-corrected chi connectivity index (χ3v) is 4.01. The predicted octanol–water partition coefficient (Wildman–Crippen LogP) is 4.04. The minimum atomic E-state index is 0.649. The second-order valence-corrected chi connectivity index (χ2v) is 5.75. The number of aryl methyl sites for hydroxylation is 1. The van der Waals surface area contributed by atoms with Crippen LogP contribution >= 0.6 is 11.8 Å². The maximum Gasteiger partial charge on any atom is 0.227 e. The number of thioether (sulfide) groups is 1. The molecule has 2 aliphatic rings. The van der Waals surface area contributed by atoms with Gasteiger partial charge in [0.1, 0.15) is 0 Å². The first-order valence-corrected chi connectivity index (χ1v) is 7.49. The van der Waals surface area contributed by atoms with Gasteiger partial charge in [-0.1, -0.05) is 6.08 Å². The number of allylic oxidation sites excluding steroid dienone is 3. The molecule has 0 saturated heterocycles. The van der Waals surface area contributed by atoms with E-state index in [1.54, 1.807) is 11.8 Å². The summed E-state index contributed by atoms with van der Waals surface area (Å²) in [6, 6.07) is 0. The second-order valence-electron chi connectivity index (χ2n) is 4.93. The summed E-state index contributed by atoms with van der Waals surface area (Å²) in [6.45, 7) is 4.18. The van der Waals surface area contributed by atoms with Gasteiger partial charge in [0.2, 0.25) is 5.95 Å². The van der Waals surface area contributed by atoms with E-state index in [0.29, 0.717) is 11.9 Å². The van der Waals surface area contributed by atoms with E-state index in [-0.39, 0.29) is 0 Å². The van der Waals surface area contributed by atoms with Crippen LogP contribution in [0.25, 0.3) is 0 Å². The summed E-state index contributed by atoms with van der Waals surface area (Å²) in [4.78, 5) is 9.23. The van der Waals surface area contributed by atoms with Gasteiger partial charge < -0.3 is 5.32 Å². The van der Waals surface area contributed by atoms with E-state index >= 15 is 0 Å². The summed E-state index contributed by atoms with van der Waals surface area (Å²) in [7, 11) is 0. The third kappa shape index (κ3) is 2.89. The average Bonchev–Trinajstić information content (AvgIpc) is 3.21. The van der Waals surface area contributed by atoms with E-state index in [1.807, 2.05) is 29.0 Å². The highest BCUT2D eigenvalue weighted by atomic mass is 32.2. The molecule has 0 unspecified atom stereocenters. The molecule has 4 heteroatoms. The van der Waals surface area contributed by atoms with Crippen molar-refractivity contribution >= 4 is 17.7 Å². The second kappa shape index (κ2) is 5.21. The minimum Gasteiger partial charge on any atom is -0.324 e. The molecule has 0 atom stereocenters. The van der Waals surface area contributed by atoms with Crippen LogP contribution in [-0.2, 0) is 0 Å². The Bertz CT molecular complexity index is 583. The summed E-state index contributed by atoms with van der Waals surface area (Å²) in [5.74, 6) is 1.36. The zero-order valence-corrected chi connectivity index (χ0v) is 12.0. The molecule has 3 nitrogen and oxygen atoms in total. The van der Waals surface area contributed by atoms with Crippen molar-refractivity contribution < 1.29 is 0 Å². The van der Waals surface area contributed by atoms with Gasteiger partial charge in [0.05, 0.1) is 5.69 Å². The predicted molar refractivity (Wildman–Crippen MR) is 81.1 cm³/mol. The van der Waals surface area contributed by atoms with Crippen molar-refractivity contribution in [1.29, 1.82) is 0 Å². The number of rotatable bonds is 3. The molecule has 0 spiro atoms. The van der Waals surface area contributed by atoms with Crippen LogP contribution < -0.4 is 5.32 Å². The lowest BCUT2D eigenvalue weighted by Gasteiger charge is -2.11. The van der Waals surface area contributed by atoms with Gasteiger partial charge >= 0.3 is 0 Å². The van der Waals surface area contributed by atoms with Crippen LogP contribution in [0.5, 0.6) is 0 Å². The first kappa shape index (κ1) is 12.5. The Balaban J connectivity index is 1.88. The van der Waals surface area contributed by atoms with E-state index < -0.39 is 0 Å². The van der Waals surface area contributed by atoms with Gasteiger partial charge in [0, 0.05) is 17.3 Å². The van der Waals surface area contributed by atoms with Crippen molar-refractivity contribution in [3.05, 3.63) is 51.7 Å². The first-order valence-electron chi connectivity index (χ1n) is 6.55. The monoisotopic (exact) mass is 271 g/mol. The molecule has 1 aromatic rings. The van der Waals surface area contributed by atoms with Crippen molar-refractivity contribution in [2.75, 3.05) is 5.32 Å². The fourth-order valence-electron chi connectivity index (χ4n) is 2.08. The molecule has 1 N–H and O–H groups in total. The number of aromatic nitrogens is 2. The van der Waals surface area contributed by atoms with Crippen LogP contribution in [0.4, 0.5) is 5.95 Å². The molecular formula is C15H17N3S. The Morgan fingerprint density at radius 1 is 1.21 bits per heavy atom. The minimum absolute atomic E-state index is 0.649. The van der Waals surface area contributed by atoms with Gasteiger partial charge in [-0.15, -0.1) is 11.8 Å². The Hall–Kier alpha value is -1.55. The smallest absolute Gasteiger partial charge is 0.227 e. The topological polar surface area (TPSA) is 37.8 Å². The van der Waals surface area contributed by atoms with E-state index in [1.165, 1.54) is 24.1 Å². The molecule has 3 rings (SSSR count). The van der Waals surface area contributed by atoms with E-state index in [2.05, 4.69) is 24.1 Å². The molecule has 1 aliphatic carbocycles. The number of hydrogen-bond donors (Lipinski definition) is 1. The van der Waals surface area contributed by atoms with E-state index in [0.717, 1.165) is 11.4 Å². The van der Waals surface area contributed by atoms with Gasteiger partial charge in [0.15, 0.2) is 0 Å². The molecule has 0 aromatic carbocycles. The SMILES string of the molecule is Cc1nc(NC2=CC=CSC=C2)nc(C2CC2)c1C. The molecule has 2 heterocycles. The summed E-state index contributed by atoms with van der Waals surface area (Å²) in [5, 5.41) is 7.39. The van der Waals surface area contributed by atoms with Crippen molar-refractivity contribution in [1.82, 2.24) is 9.97 Å². The van der Waals surface area contributed by atoms with Crippen LogP contribution in [0.3, 0.4) is 0 Å². The molecule has 1 saturated carbocycles. The van der Waals surface area contributed by atoms with Gasteiger partial charge in [-0.2, -0.15) is 0 Å². The third-order valence-electron chi connectivity index (χ3n) is 3.41. The van der Waals surface area contributed by atoms with Crippen LogP contribution in [0, 0.1) is 13.8 Å². The number of anilines is 1. The van der Waals surface area contributed by atoms with E-state index in [9.17, 15) is 0 Å². The van der Waals surface area contributed by atoms with E-state index in [4.69, 9.17) is 4.98 Å². The highest BCUT2D eigenvalue weighted by Gasteiger charge is 2.28. The largest absolute Gasteiger partial charge is 0.324 e. The highest BCUT2D eigenvalue weighted by molar-refractivity contribution is 8.04. The van der Waals surface area contributed by atoms with Crippen LogP contribution in [0.15, 0.2) is 34.7 Å². The quantitative estimate of drug-likeness (QED) is 0.900. The van der Waals surface area contributed by atoms with Gasteiger partial charge in [-0.05, 0) is 55.2 Å². The number of hydrogen-bond acceptors (Lipinski definition) is 4. The lowest BCUT2D eigenvalue weighted by atomic mass is 10.1. The molecule has 0 radical (unpaired) electrons. The first-order chi connectivity index (χ1) is 9.24. The fourth-order valence-corrected chi connectivity index (χ4v) is 2.56. The van der Waals surface area contributed by atoms with Crippen LogP contribution in [0.2, 0.25) is 0 Å². The Morgan fingerprint density at radius 3 is 2.84 bits per heavy atom. The Kier molecular flexibility index (Phi) is 3.42. The lowest BCUT2D eigenvalue weighted by molar-refractivity contribution is 0.938. The number of nitrogens with zero attached hydrogens (tertiary/aromatic N) is 2. The Morgan fingerprint density at radius 2 is 2.05 bits per heavy atom. The molecule has 1 fully saturated rings. The van der Waals surface area contributed by atoms with Gasteiger partial charge in [-0.3, -0.25) is 0 Å². The maximum atomic E-state index is 4.69. The summed E-state index contributed by atoms with van der Waals surface area (Å²) in [6.07, 6.45) is 8.62. The van der Waals surface area contributed by atoms with Crippen molar-refractivity contribution in [2.45, 2.75) is 32.6 Å². The summed E-state index contributed by atoms with van der Waals surface area (Å²) < 4.78 is 0. The fraction of sp³-hybridized carbons (Fsp3) is 0.333. The van der Waals surface area contributed by atoms with Crippen LogP contribution in [0.1, 0.15) is 35.7 Å². The number of nitrogens with one attached hydrogen (secondary N) is 1. The van der Waals surface area contributed by atoms with Crippen molar-refractivity contribution in [3.63, 3.8) is 0 Å². The Labute approximate surface area is 117 Å². The maximum absolute atomic E-state index is 4.69. The molecule has 0 bridgehead atoms. The standard InChI is InChI=1S/C15H17N3S/c1-10-11(2)16-15(18-14(10)12-5-6-12)17-13-4-3-8-19-9-7-13/h3-4,7-9,12H,5-6H2,1-2H3,(H,16,17,18). The zero-order chi connectivity index (χ0) is 13.2. The molecule has 19 heavy (non-hydrogen) atoms. The van der Waals surface area contributed by atoms with Crippen molar-refractivity contribution in [3.8, 4) is 0 Å². The van der Waals surface area contributed by atoms with Crippen molar-refractivity contribution in [2.24, 2.45) is 0 Å². The van der Waals surface area contributed by atoms with Gasteiger partial charge in [0.25, 0.3) is 0 Å².